The van der Waals surface area contributed by atoms with Crippen molar-refractivity contribution in [1.82, 2.24) is 5.32 Å². The van der Waals surface area contributed by atoms with E-state index in [1.807, 2.05) is 34.1 Å². The maximum atomic E-state index is 12.7. The summed E-state index contributed by atoms with van der Waals surface area (Å²) in [6, 6.07) is -0.842. The summed E-state index contributed by atoms with van der Waals surface area (Å²) in [6.45, 7) is 4.48. The van der Waals surface area contributed by atoms with Crippen LogP contribution < -0.4 is 5.32 Å². The first-order valence-corrected chi connectivity index (χ1v) is 28.5. The minimum Gasteiger partial charge on any atom is -0.387 e. The van der Waals surface area contributed by atoms with Crippen LogP contribution in [0.15, 0.2) is 85.1 Å². The Morgan fingerprint density at radius 3 is 1.30 bits per heavy atom. The van der Waals surface area contributed by atoms with Gasteiger partial charge in [-0.1, -0.05) is 234 Å². The van der Waals surface area contributed by atoms with Crippen LogP contribution in [0.4, 0.5) is 0 Å². The fourth-order valence-corrected chi connectivity index (χ4v) is 8.14. The molecule has 0 heterocycles. The molecule has 8 nitrogen and oxygen atoms in total. The third-order valence-corrected chi connectivity index (χ3v) is 12.6. The molecule has 382 valence electrons. The van der Waals surface area contributed by atoms with Gasteiger partial charge in [0.05, 0.1) is 39.9 Å². The first-order chi connectivity index (χ1) is 32.0. The normalized spacial score (nSPS) is 14.7. The number of hydrogen-bond acceptors (Lipinski definition) is 5. The maximum absolute atomic E-state index is 12.7. The van der Waals surface area contributed by atoms with Crippen molar-refractivity contribution in [2.75, 3.05) is 40.9 Å². The number of phosphoric acid groups is 1. The van der Waals surface area contributed by atoms with E-state index in [-0.39, 0.29) is 19.1 Å². The number of aliphatic hydroxyl groups excluding tert-OH is 1. The van der Waals surface area contributed by atoms with Gasteiger partial charge in [0, 0.05) is 6.42 Å². The van der Waals surface area contributed by atoms with E-state index < -0.39 is 20.0 Å². The van der Waals surface area contributed by atoms with Crippen molar-refractivity contribution in [3.63, 3.8) is 0 Å². The summed E-state index contributed by atoms with van der Waals surface area (Å²) in [5.74, 6) is -0.189. The number of phosphoric ester groups is 1. The van der Waals surface area contributed by atoms with E-state index in [4.69, 9.17) is 9.05 Å². The number of hydrogen-bond donors (Lipinski definition) is 3. The molecule has 0 aromatic heterocycles. The number of rotatable bonds is 48. The molecule has 0 aliphatic rings. The smallest absolute Gasteiger partial charge is 0.387 e. The number of allylic oxidation sites excluding steroid dienone is 13. The van der Waals surface area contributed by atoms with Crippen molar-refractivity contribution in [1.29, 1.82) is 0 Å². The van der Waals surface area contributed by atoms with Crippen LogP contribution in [0.25, 0.3) is 0 Å². The number of carbonyl (C=O) groups excluding carboxylic acids is 1. The van der Waals surface area contributed by atoms with E-state index in [2.05, 4.69) is 85.2 Å². The predicted octanol–water partition coefficient (Wildman–Crippen LogP) is 16.1. The van der Waals surface area contributed by atoms with Gasteiger partial charge in [0.15, 0.2) is 0 Å². The summed E-state index contributed by atoms with van der Waals surface area (Å²) >= 11 is 0. The van der Waals surface area contributed by atoms with Gasteiger partial charge in [-0.3, -0.25) is 13.8 Å². The van der Waals surface area contributed by atoms with Crippen LogP contribution >= 0.6 is 7.82 Å². The van der Waals surface area contributed by atoms with Crippen LogP contribution in [0.3, 0.4) is 0 Å². The van der Waals surface area contributed by atoms with Crippen LogP contribution in [0.5, 0.6) is 0 Å². The molecule has 3 atom stereocenters. The van der Waals surface area contributed by atoms with Crippen LogP contribution in [0, 0.1) is 0 Å². The largest absolute Gasteiger partial charge is 0.472 e. The van der Waals surface area contributed by atoms with Crippen molar-refractivity contribution >= 4 is 13.7 Å². The van der Waals surface area contributed by atoms with Gasteiger partial charge in [-0.05, 0) is 64.2 Å². The Morgan fingerprint density at radius 1 is 0.530 bits per heavy atom. The summed E-state index contributed by atoms with van der Waals surface area (Å²) in [4.78, 5) is 22.8. The first kappa shape index (κ1) is 63.7. The molecule has 0 aliphatic carbocycles. The average Bonchev–Trinajstić information content (AvgIpc) is 3.27. The Balaban J connectivity index is 3.65. The van der Waals surface area contributed by atoms with E-state index in [9.17, 15) is 19.4 Å². The quantitative estimate of drug-likeness (QED) is 0.0243. The number of quaternary nitrogens is 1. The summed E-state index contributed by atoms with van der Waals surface area (Å²) in [6.07, 6.45) is 68.0. The highest BCUT2D eigenvalue weighted by molar-refractivity contribution is 7.47. The van der Waals surface area contributed by atoms with Crippen molar-refractivity contribution in [3.05, 3.63) is 85.1 Å². The summed E-state index contributed by atoms with van der Waals surface area (Å²) in [5.41, 5.74) is 0. The molecule has 66 heavy (non-hydrogen) atoms. The standard InChI is InChI=1S/C57H103N2O6P/c1-6-8-10-11-12-13-14-15-16-17-18-19-20-21-22-23-24-25-26-27-28-29-30-31-32-33-34-35-36-37-38-39-40-41-42-43-44-45-46-47-49-51-57(61)58-55(56(60)50-48-9-7-2)54-65-66(62,63)64-53-52-59(3,4)5/h8,10,12-13,15-16,18-19,21-22,24-25,48,50,55-56,60H,6-7,9,11,14,17,20,23,26-47,49,51-54H2,1-5H3,(H-,58,61,62,63)/p+1/b10-8-,13-12-,16-15-,19-18-,22-21-,25-24-,50-48+. The minimum atomic E-state index is -4.32. The molecule has 0 aromatic rings. The lowest BCUT2D eigenvalue weighted by Crippen LogP contribution is -2.45. The van der Waals surface area contributed by atoms with E-state index >= 15 is 0 Å². The lowest BCUT2D eigenvalue weighted by atomic mass is 10.0. The topological polar surface area (TPSA) is 105 Å². The van der Waals surface area contributed by atoms with Gasteiger partial charge in [-0.15, -0.1) is 0 Å². The fraction of sp³-hybridized carbons (Fsp3) is 0.737. The second-order valence-electron chi connectivity index (χ2n) is 19.2. The van der Waals surface area contributed by atoms with Gasteiger partial charge < -0.3 is 19.8 Å². The SMILES string of the molecule is CC/C=C\C/C=C\C/C=C\C/C=C\C/C=C\C/C=C\CCCCCCCCCCCCCCCCCCCCCCCCC(=O)NC(COP(=O)(O)OCC[N+](C)(C)C)C(O)/C=C/CCC. The van der Waals surface area contributed by atoms with Gasteiger partial charge in [-0.25, -0.2) is 4.57 Å². The number of carbonyl (C=O) groups is 1. The molecule has 0 aliphatic heterocycles. The molecular weight excluding hydrogens is 840 g/mol. The third kappa shape index (κ3) is 49.6. The number of nitrogens with one attached hydrogen (secondary N) is 1. The molecule has 0 spiro atoms. The lowest BCUT2D eigenvalue weighted by Gasteiger charge is -2.25. The monoisotopic (exact) mass is 944 g/mol. The van der Waals surface area contributed by atoms with Gasteiger partial charge in [0.1, 0.15) is 13.2 Å². The molecular formula is C57H104N2O6P+. The van der Waals surface area contributed by atoms with Crippen molar-refractivity contribution < 1.29 is 32.9 Å². The third-order valence-electron chi connectivity index (χ3n) is 11.6. The molecule has 0 aromatic carbocycles. The van der Waals surface area contributed by atoms with Gasteiger partial charge in [-0.2, -0.15) is 0 Å². The summed E-state index contributed by atoms with van der Waals surface area (Å²) in [5, 5.41) is 13.5. The van der Waals surface area contributed by atoms with Gasteiger partial charge in [0.25, 0.3) is 0 Å². The zero-order valence-electron chi connectivity index (χ0n) is 43.4. The highest BCUT2D eigenvalue weighted by atomic mass is 31.2. The molecule has 0 bridgehead atoms. The molecule has 1 amide bonds. The molecule has 3 unspecified atom stereocenters. The van der Waals surface area contributed by atoms with E-state index in [1.165, 1.54) is 128 Å². The average molecular weight is 944 g/mol. The highest BCUT2D eigenvalue weighted by Gasteiger charge is 2.27. The number of aliphatic hydroxyl groups is 1. The minimum absolute atomic E-state index is 0.0588. The Kier molecular flexibility index (Phi) is 46.1. The number of unbranched alkanes of at least 4 members (excludes halogenated alkanes) is 23. The number of nitrogens with zero attached hydrogens (tertiary/aromatic N) is 1. The number of likely N-dealkylation sites (N-methyl/N-ethyl adjacent to an activating group) is 1. The second kappa shape index (κ2) is 47.7. The van der Waals surface area contributed by atoms with Crippen LogP contribution in [-0.4, -0.2) is 73.4 Å². The molecule has 0 fully saturated rings. The number of amides is 1. The highest BCUT2D eigenvalue weighted by Crippen LogP contribution is 2.43. The lowest BCUT2D eigenvalue weighted by molar-refractivity contribution is -0.870. The molecule has 0 saturated carbocycles. The Morgan fingerprint density at radius 2 is 0.909 bits per heavy atom. The zero-order chi connectivity index (χ0) is 48.5. The Bertz CT molecular complexity index is 1350. The molecule has 0 radical (unpaired) electrons. The molecule has 3 N–H and O–H groups in total. The van der Waals surface area contributed by atoms with Crippen molar-refractivity contribution in [2.45, 2.75) is 231 Å². The van der Waals surface area contributed by atoms with Crippen molar-refractivity contribution in [2.24, 2.45) is 0 Å². The zero-order valence-corrected chi connectivity index (χ0v) is 44.3. The van der Waals surface area contributed by atoms with E-state index in [0.717, 1.165) is 70.6 Å². The second-order valence-corrected chi connectivity index (χ2v) is 20.7. The van der Waals surface area contributed by atoms with E-state index in [0.29, 0.717) is 17.4 Å². The summed E-state index contributed by atoms with van der Waals surface area (Å²) in [7, 11) is 1.56. The van der Waals surface area contributed by atoms with Gasteiger partial charge >= 0.3 is 7.82 Å². The summed E-state index contributed by atoms with van der Waals surface area (Å²) < 4.78 is 23.3. The Hall–Kier alpha value is -2.32. The Labute approximate surface area is 407 Å². The van der Waals surface area contributed by atoms with Crippen molar-refractivity contribution in [3.8, 4) is 0 Å². The van der Waals surface area contributed by atoms with Gasteiger partial charge in [0.2, 0.25) is 5.91 Å². The fourth-order valence-electron chi connectivity index (χ4n) is 7.41. The first-order valence-electron chi connectivity index (χ1n) is 27.0. The maximum Gasteiger partial charge on any atom is 0.472 e. The predicted molar refractivity (Wildman–Crippen MR) is 286 cm³/mol. The van der Waals surface area contributed by atoms with Crippen LogP contribution in [-0.2, 0) is 18.4 Å². The molecule has 0 saturated heterocycles. The molecule has 9 heteroatoms. The molecule has 0 rings (SSSR count). The van der Waals surface area contributed by atoms with Crippen LogP contribution in [0.2, 0.25) is 0 Å². The van der Waals surface area contributed by atoms with Crippen LogP contribution in [0.1, 0.15) is 219 Å². The van der Waals surface area contributed by atoms with E-state index in [1.54, 1.807) is 6.08 Å².